The number of hydrogen-bond donors (Lipinski definition) is 2. The van der Waals surface area contributed by atoms with E-state index >= 15 is 0 Å². The van der Waals surface area contributed by atoms with E-state index in [4.69, 9.17) is 0 Å². The molecule has 1 heterocycles. The molecule has 1 fully saturated rings. The van der Waals surface area contributed by atoms with Gasteiger partial charge in [-0.2, -0.15) is 0 Å². The number of anilines is 1. The molecule has 2 aromatic rings. The van der Waals surface area contributed by atoms with E-state index in [1.54, 1.807) is 0 Å². The minimum atomic E-state index is 0.581. The molecule has 1 saturated heterocycles. The predicted molar refractivity (Wildman–Crippen MR) is 73.6 cm³/mol. The molecular weight excluding hydrogens is 208 g/mol. The number of fused-ring (bicyclic) bond motifs is 1. The highest BCUT2D eigenvalue weighted by Crippen LogP contribution is 2.21. The first kappa shape index (κ1) is 10.6. The van der Waals surface area contributed by atoms with Gasteiger partial charge in [0.05, 0.1) is 0 Å². The van der Waals surface area contributed by atoms with Crippen LogP contribution in [0.3, 0.4) is 0 Å². The van der Waals surface area contributed by atoms with Gasteiger partial charge < -0.3 is 10.6 Å². The smallest absolute Gasteiger partial charge is 0.0398 e. The zero-order chi connectivity index (χ0) is 11.7. The summed E-state index contributed by atoms with van der Waals surface area (Å²) in [4.78, 5) is 0. The van der Waals surface area contributed by atoms with Crippen LogP contribution in [0.2, 0.25) is 0 Å². The van der Waals surface area contributed by atoms with Crippen molar-refractivity contribution in [2.24, 2.45) is 0 Å². The Morgan fingerprint density at radius 1 is 1.12 bits per heavy atom. The average Bonchev–Trinajstić information content (AvgIpc) is 2.82. The highest BCUT2D eigenvalue weighted by molar-refractivity contribution is 5.86. The molecule has 0 bridgehead atoms. The zero-order valence-electron chi connectivity index (χ0n) is 10.2. The molecule has 1 aliphatic heterocycles. The van der Waals surface area contributed by atoms with Crippen molar-refractivity contribution in [3.05, 3.63) is 42.0 Å². The third-order valence-corrected chi connectivity index (χ3v) is 3.43. The molecule has 0 amide bonds. The molecule has 1 unspecified atom stereocenters. The predicted octanol–water partition coefficient (Wildman–Crippen LogP) is 2.92. The Morgan fingerprint density at radius 3 is 2.76 bits per heavy atom. The van der Waals surface area contributed by atoms with Gasteiger partial charge in [0, 0.05) is 18.3 Å². The maximum absolute atomic E-state index is 3.59. The topological polar surface area (TPSA) is 24.1 Å². The molecular formula is C15H18N2. The van der Waals surface area contributed by atoms with Gasteiger partial charge >= 0.3 is 0 Å². The third-order valence-electron chi connectivity index (χ3n) is 3.43. The number of rotatable bonds is 2. The summed E-state index contributed by atoms with van der Waals surface area (Å²) in [6, 6.07) is 13.8. The van der Waals surface area contributed by atoms with Crippen molar-refractivity contribution in [3.63, 3.8) is 0 Å². The minimum absolute atomic E-state index is 0.581. The standard InChI is InChI=1S/C15H18N2/c1-11-2-3-13-9-14(5-4-12(13)8-11)17-15-6-7-16-10-15/h2-5,8-9,15-17H,6-7,10H2,1H3. The average molecular weight is 226 g/mol. The maximum Gasteiger partial charge on any atom is 0.0398 e. The van der Waals surface area contributed by atoms with Crippen LogP contribution in [0.4, 0.5) is 5.69 Å². The fourth-order valence-electron chi connectivity index (χ4n) is 2.47. The van der Waals surface area contributed by atoms with Crippen molar-refractivity contribution in [1.29, 1.82) is 0 Å². The van der Waals surface area contributed by atoms with Crippen LogP contribution in [0.1, 0.15) is 12.0 Å². The van der Waals surface area contributed by atoms with E-state index in [0.717, 1.165) is 13.1 Å². The Kier molecular flexibility index (Phi) is 2.73. The molecule has 1 atom stereocenters. The van der Waals surface area contributed by atoms with Crippen molar-refractivity contribution >= 4 is 16.5 Å². The fraction of sp³-hybridized carbons (Fsp3) is 0.333. The number of benzene rings is 2. The Balaban J connectivity index is 1.88. The van der Waals surface area contributed by atoms with Crippen LogP contribution in [-0.4, -0.2) is 19.1 Å². The summed E-state index contributed by atoms with van der Waals surface area (Å²) >= 11 is 0. The van der Waals surface area contributed by atoms with Gasteiger partial charge in [-0.15, -0.1) is 0 Å². The second-order valence-electron chi connectivity index (χ2n) is 4.90. The minimum Gasteiger partial charge on any atom is -0.381 e. The van der Waals surface area contributed by atoms with Gasteiger partial charge in [-0.1, -0.05) is 29.8 Å². The van der Waals surface area contributed by atoms with Gasteiger partial charge in [-0.25, -0.2) is 0 Å². The zero-order valence-corrected chi connectivity index (χ0v) is 10.2. The monoisotopic (exact) mass is 226 g/mol. The van der Waals surface area contributed by atoms with Crippen molar-refractivity contribution in [2.45, 2.75) is 19.4 Å². The SMILES string of the molecule is Cc1ccc2cc(NC3CCNC3)ccc2c1. The lowest BCUT2D eigenvalue weighted by Crippen LogP contribution is -2.21. The van der Waals surface area contributed by atoms with Crippen LogP contribution in [0.15, 0.2) is 36.4 Å². The summed E-state index contributed by atoms with van der Waals surface area (Å²) < 4.78 is 0. The van der Waals surface area contributed by atoms with Gasteiger partial charge in [0.25, 0.3) is 0 Å². The molecule has 0 aliphatic carbocycles. The maximum atomic E-state index is 3.59. The summed E-state index contributed by atoms with van der Waals surface area (Å²) in [5.41, 5.74) is 2.55. The lowest BCUT2D eigenvalue weighted by atomic mass is 10.1. The van der Waals surface area contributed by atoms with Crippen LogP contribution in [0.25, 0.3) is 10.8 Å². The molecule has 2 heteroatoms. The van der Waals surface area contributed by atoms with E-state index < -0.39 is 0 Å². The van der Waals surface area contributed by atoms with Crippen molar-refractivity contribution in [3.8, 4) is 0 Å². The first-order valence-electron chi connectivity index (χ1n) is 6.29. The number of hydrogen-bond acceptors (Lipinski definition) is 2. The van der Waals surface area contributed by atoms with Crippen LogP contribution < -0.4 is 10.6 Å². The summed E-state index contributed by atoms with van der Waals surface area (Å²) in [6.45, 7) is 4.34. The molecule has 0 radical (unpaired) electrons. The van der Waals surface area contributed by atoms with Gasteiger partial charge in [-0.05, 0) is 42.8 Å². The second-order valence-corrected chi connectivity index (χ2v) is 4.90. The lowest BCUT2D eigenvalue weighted by Gasteiger charge is -2.13. The number of aryl methyl sites for hydroxylation is 1. The largest absolute Gasteiger partial charge is 0.381 e. The third kappa shape index (κ3) is 2.27. The summed E-state index contributed by atoms with van der Waals surface area (Å²) in [5.74, 6) is 0. The van der Waals surface area contributed by atoms with Crippen molar-refractivity contribution < 1.29 is 0 Å². The quantitative estimate of drug-likeness (QED) is 0.822. The molecule has 0 aromatic heterocycles. The summed E-state index contributed by atoms with van der Waals surface area (Å²) in [6.07, 6.45) is 1.21. The Labute approximate surface area is 102 Å². The van der Waals surface area contributed by atoms with Gasteiger partial charge in [0.1, 0.15) is 0 Å². The van der Waals surface area contributed by atoms with E-state index in [2.05, 4.69) is 54.0 Å². The van der Waals surface area contributed by atoms with Crippen LogP contribution in [0.5, 0.6) is 0 Å². The molecule has 3 rings (SSSR count). The summed E-state index contributed by atoms with van der Waals surface area (Å²) in [5, 5.41) is 9.59. The van der Waals surface area contributed by atoms with E-state index in [9.17, 15) is 0 Å². The molecule has 2 N–H and O–H groups in total. The molecule has 1 aliphatic rings. The van der Waals surface area contributed by atoms with Crippen LogP contribution in [-0.2, 0) is 0 Å². The lowest BCUT2D eigenvalue weighted by molar-refractivity contribution is 0.793. The molecule has 88 valence electrons. The first-order chi connectivity index (χ1) is 8.31. The Morgan fingerprint density at radius 2 is 1.94 bits per heavy atom. The van der Waals surface area contributed by atoms with E-state index in [-0.39, 0.29) is 0 Å². The van der Waals surface area contributed by atoms with Gasteiger partial charge in [0.2, 0.25) is 0 Å². The first-order valence-corrected chi connectivity index (χ1v) is 6.29. The molecule has 0 spiro atoms. The van der Waals surface area contributed by atoms with Gasteiger partial charge in [-0.3, -0.25) is 0 Å². The number of nitrogens with one attached hydrogen (secondary N) is 2. The van der Waals surface area contributed by atoms with Gasteiger partial charge in [0.15, 0.2) is 0 Å². The summed E-state index contributed by atoms with van der Waals surface area (Å²) in [7, 11) is 0. The van der Waals surface area contributed by atoms with Crippen molar-refractivity contribution in [1.82, 2.24) is 5.32 Å². The van der Waals surface area contributed by atoms with E-state index in [1.807, 2.05) is 0 Å². The highest BCUT2D eigenvalue weighted by atomic mass is 15.0. The normalized spacial score (nSPS) is 19.7. The molecule has 0 saturated carbocycles. The Bertz CT molecular complexity index is 527. The molecule has 2 nitrogen and oxygen atoms in total. The van der Waals surface area contributed by atoms with Crippen LogP contribution >= 0.6 is 0 Å². The molecule has 2 aromatic carbocycles. The second kappa shape index (κ2) is 4.38. The van der Waals surface area contributed by atoms with E-state index in [1.165, 1.54) is 28.4 Å². The van der Waals surface area contributed by atoms with Crippen molar-refractivity contribution in [2.75, 3.05) is 18.4 Å². The van der Waals surface area contributed by atoms with E-state index in [0.29, 0.717) is 6.04 Å². The van der Waals surface area contributed by atoms with Crippen LogP contribution in [0, 0.1) is 6.92 Å². The highest BCUT2D eigenvalue weighted by Gasteiger charge is 2.13. The fourth-order valence-corrected chi connectivity index (χ4v) is 2.47. The Hall–Kier alpha value is -1.54. The molecule has 17 heavy (non-hydrogen) atoms.